The van der Waals surface area contributed by atoms with E-state index in [4.69, 9.17) is 5.73 Å². The first kappa shape index (κ1) is 17.5. The van der Waals surface area contributed by atoms with E-state index in [0.29, 0.717) is 6.54 Å². The Bertz CT molecular complexity index is 722. The first-order chi connectivity index (χ1) is 9.26. The number of benzene rings is 2. The summed E-state index contributed by atoms with van der Waals surface area (Å²) in [5.74, 6) is 0.957. The lowest BCUT2D eigenvalue weighted by Gasteiger charge is -2.02. The largest absolute Gasteiger partial charge is 0.342 e. The van der Waals surface area contributed by atoms with E-state index in [2.05, 4.69) is 59.4 Å². The number of nitrogens with one attached hydrogen (secondary N) is 1. The Balaban J connectivity index is 0.00000110. The van der Waals surface area contributed by atoms with Gasteiger partial charge in [0.05, 0.1) is 11.0 Å². The van der Waals surface area contributed by atoms with Crippen LogP contribution in [0.1, 0.15) is 11.4 Å². The maximum atomic E-state index is 5.56. The van der Waals surface area contributed by atoms with E-state index in [1.165, 1.54) is 16.7 Å². The van der Waals surface area contributed by atoms with E-state index in [0.717, 1.165) is 23.3 Å². The number of aromatic amines is 1. The number of hydrogen-bond acceptors (Lipinski definition) is 2. The van der Waals surface area contributed by atoms with Crippen molar-refractivity contribution >= 4 is 35.8 Å². The highest BCUT2D eigenvalue weighted by molar-refractivity contribution is 5.85. The highest BCUT2D eigenvalue weighted by Gasteiger charge is 2.04. The summed E-state index contributed by atoms with van der Waals surface area (Å²) in [6.07, 6.45) is 0.786. The van der Waals surface area contributed by atoms with Crippen molar-refractivity contribution in [1.29, 1.82) is 0 Å². The molecule has 0 saturated heterocycles. The molecule has 3 aromatic rings. The summed E-state index contributed by atoms with van der Waals surface area (Å²) in [6, 6.07) is 14.8. The third kappa shape index (κ3) is 3.76. The maximum absolute atomic E-state index is 5.56. The van der Waals surface area contributed by atoms with Gasteiger partial charge in [-0.05, 0) is 36.7 Å². The Kier molecular flexibility index (Phi) is 6.21. The lowest BCUT2D eigenvalue weighted by atomic mass is 10.0. The van der Waals surface area contributed by atoms with Crippen LogP contribution in [0.15, 0.2) is 42.5 Å². The molecule has 0 spiro atoms. The van der Waals surface area contributed by atoms with E-state index in [-0.39, 0.29) is 24.8 Å². The van der Waals surface area contributed by atoms with Gasteiger partial charge >= 0.3 is 0 Å². The van der Waals surface area contributed by atoms with Gasteiger partial charge in [0.15, 0.2) is 0 Å². The van der Waals surface area contributed by atoms with Gasteiger partial charge < -0.3 is 10.7 Å². The van der Waals surface area contributed by atoms with Crippen LogP contribution in [0.3, 0.4) is 0 Å². The van der Waals surface area contributed by atoms with Crippen LogP contribution in [-0.2, 0) is 6.42 Å². The predicted octanol–water partition coefficient (Wildman–Crippen LogP) is 3.88. The molecule has 0 amide bonds. The standard InChI is InChI=1S/C16H17N3.2ClH/c1-11-3-2-4-12(9-11)13-5-6-14-15(10-13)19-16(18-14)7-8-17;;/h2-6,9-10H,7-8,17H2,1H3,(H,18,19);2*1H. The van der Waals surface area contributed by atoms with Gasteiger partial charge in [-0.15, -0.1) is 24.8 Å². The average molecular weight is 324 g/mol. The summed E-state index contributed by atoms with van der Waals surface area (Å²) >= 11 is 0. The number of fused-ring (bicyclic) bond motifs is 1. The lowest BCUT2D eigenvalue weighted by molar-refractivity contribution is 0.900. The van der Waals surface area contributed by atoms with E-state index >= 15 is 0 Å². The SMILES string of the molecule is Cc1cccc(-c2ccc3nc(CCN)[nH]c3c2)c1.Cl.Cl. The second kappa shape index (κ2) is 7.46. The molecule has 3 rings (SSSR count). The molecule has 3 nitrogen and oxygen atoms in total. The van der Waals surface area contributed by atoms with Gasteiger partial charge in [-0.1, -0.05) is 35.9 Å². The zero-order valence-corrected chi connectivity index (χ0v) is 13.4. The molecule has 0 atom stereocenters. The lowest BCUT2D eigenvalue weighted by Crippen LogP contribution is -2.03. The van der Waals surface area contributed by atoms with Crippen LogP contribution < -0.4 is 5.73 Å². The van der Waals surface area contributed by atoms with E-state index in [1.807, 2.05) is 0 Å². The van der Waals surface area contributed by atoms with Crippen molar-refractivity contribution < 1.29 is 0 Å². The van der Waals surface area contributed by atoms with Crippen LogP contribution in [0.2, 0.25) is 0 Å². The van der Waals surface area contributed by atoms with Crippen molar-refractivity contribution in [3.05, 3.63) is 53.9 Å². The molecular formula is C16H19Cl2N3. The van der Waals surface area contributed by atoms with Crippen molar-refractivity contribution in [2.75, 3.05) is 6.54 Å². The molecule has 1 aromatic heterocycles. The Hall–Kier alpha value is -1.55. The van der Waals surface area contributed by atoms with Gasteiger partial charge in [-0.3, -0.25) is 0 Å². The van der Waals surface area contributed by atoms with Gasteiger partial charge in [0.25, 0.3) is 0 Å². The van der Waals surface area contributed by atoms with E-state index in [9.17, 15) is 0 Å². The second-order valence-electron chi connectivity index (χ2n) is 4.82. The summed E-state index contributed by atoms with van der Waals surface area (Å²) in [6.45, 7) is 2.72. The molecule has 0 bridgehead atoms. The normalized spacial score (nSPS) is 10.0. The highest BCUT2D eigenvalue weighted by Crippen LogP contribution is 2.24. The van der Waals surface area contributed by atoms with Crippen LogP contribution in [0.4, 0.5) is 0 Å². The van der Waals surface area contributed by atoms with Gasteiger partial charge in [-0.25, -0.2) is 4.98 Å². The second-order valence-corrected chi connectivity index (χ2v) is 4.82. The Morgan fingerprint density at radius 3 is 2.52 bits per heavy atom. The van der Waals surface area contributed by atoms with E-state index in [1.54, 1.807) is 0 Å². The molecule has 3 N–H and O–H groups in total. The third-order valence-electron chi connectivity index (χ3n) is 3.26. The Morgan fingerprint density at radius 2 is 1.81 bits per heavy atom. The summed E-state index contributed by atoms with van der Waals surface area (Å²) in [5, 5.41) is 0. The highest BCUT2D eigenvalue weighted by atomic mass is 35.5. The molecule has 0 radical (unpaired) electrons. The zero-order chi connectivity index (χ0) is 13.2. The Labute approximate surface area is 136 Å². The maximum Gasteiger partial charge on any atom is 0.108 e. The fraction of sp³-hybridized carbons (Fsp3) is 0.188. The molecule has 21 heavy (non-hydrogen) atoms. The van der Waals surface area contributed by atoms with Gasteiger partial charge in [0.1, 0.15) is 5.82 Å². The van der Waals surface area contributed by atoms with E-state index < -0.39 is 0 Å². The van der Waals surface area contributed by atoms with Crippen molar-refractivity contribution in [2.24, 2.45) is 5.73 Å². The summed E-state index contributed by atoms with van der Waals surface area (Å²) in [5.41, 5.74) is 11.3. The fourth-order valence-corrected chi connectivity index (χ4v) is 2.32. The smallest absolute Gasteiger partial charge is 0.108 e. The summed E-state index contributed by atoms with van der Waals surface area (Å²) in [7, 11) is 0. The first-order valence-electron chi connectivity index (χ1n) is 6.52. The Morgan fingerprint density at radius 1 is 1.05 bits per heavy atom. The van der Waals surface area contributed by atoms with Crippen LogP contribution in [-0.4, -0.2) is 16.5 Å². The third-order valence-corrected chi connectivity index (χ3v) is 3.26. The quantitative estimate of drug-likeness (QED) is 0.768. The predicted molar refractivity (Wildman–Crippen MR) is 93.5 cm³/mol. The van der Waals surface area contributed by atoms with Crippen molar-refractivity contribution in [2.45, 2.75) is 13.3 Å². The monoisotopic (exact) mass is 323 g/mol. The number of rotatable bonds is 3. The number of halogens is 2. The fourth-order valence-electron chi connectivity index (χ4n) is 2.32. The molecule has 0 aliphatic heterocycles. The van der Waals surface area contributed by atoms with Gasteiger partial charge in [-0.2, -0.15) is 0 Å². The number of nitrogens with two attached hydrogens (primary N) is 1. The number of aromatic nitrogens is 2. The van der Waals surface area contributed by atoms with Crippen molar-refractivity contribution in [3.8, 4) is 11.1 Å². The number of aryl methyl sites for hydroxylation is 1. The average Bonchev–Trinajstić information content (AvgIpc) is 2.80. The number of nitrogens with zero attached hydrogens (tertiary/aromatic N) is 1. The first-order valence-corrected chi connectivity index (χ1v) is 6.52. The van der Waals surface area contributed by atoms with Crippen molar-refractivity contribution in [1.82, 2.24) is 9.97 Å². The summed E-state index contributed by atoms with van der Waals surface area (Å²) < 4.78 is 0. The van der Waals surface area contributed by atoms with Gasteiger partial charge in [0.2, 0.25) is 0 Å². The topological polar surface area (TPSA) is 54.7 Å². The minimum atomic E-state index is 0. The minimum Gasteiger partial charge on any atom is -0.342 e. The number of H-pyrrole nitrogens is 1. The van der Waals surface area contributed by atoms with Crippen LogP contribution in [0.5, 0.6) is 0 Å². The molecule has 5 heteroatoms. The zero-order valence-electron chi connectivity index (χ0n) is 11.8. The molecule has 0 aliphatic carbocycles. The summed E-state index contributed by atoms with van der Waals surface area (Å²) in [4.78, 5) is 7.85. The van der Waals surface area contributed by atoms with Crippen LogP contribution in [0, 0.1) is 6.92 Å². The molecule has 2 aromatic carbocycles. The molecule has 0 saturated carbocycles. The van der Waals surface area contributed by atoms with Gasteiger partial charge in [0, 0.05) is 6.42 Å². The molecule has 0 fully saturated rings. The minimum absolute atomic E-state index is 0. The van der Waals surface area contributed by atoms with Crippen LogP contribution >= 0.6 is 24.8 Å². The van der Waals surface area contributed by atoms with Crippen LogP contribution in [0.25, 0.3) is 22.2 Å². The molecule has 1 heterocycles. The number of hydrogen-bond donors (Lipinski definition) is 2. The molecular weight excluding hydrogens is 305 g/mol. The number of imidazole rings is 1. The molecule has 112 valence electrons. The van der Waals surface area contributed by atoms with Crippen molar-refractivity contribution in [3.63, 3.8) is 0 Å². The molecule has 0 unspecified atom stereocenters. The molecule has 0 aliphatic rings.